The van der Waals surface area contributed by atoms with Crippen molar-refractivity contribution in [2.24, 2.45) is 0 Å². The van der Waals surface area contributed by atoms with Crippen molar-refractivity contribution in [2.75, 3.05) is 11.4 Å². The molecule has 1 fully saturated rings. The van der Waals surface area contributed by atoms with Gasteiger partial charge in [0.25, 0.3) is 0 Å². The van der Waals surface area contributed by atoms with Crippen LogP contribution in [0, 0.1) is 17.3 Å². The van der Waals surface area contributed by atoms with Crippen LogP contribution in [0.1, 0.15) is 19.3 Å². The molecular weight excluding hydrogens is 193 g/mol. The van der Waals surface area contributed by atoms with Gasteiger partial charge in [-0.05, 0) is 25.0 Å². The second-order valence-electron chi connectivity index (χ2n) is 3.65. The van der Waals surface area contributed by atoms with Crippen molar-refractivity contribution >= 4 is 5.82 Å². The average molecular weight is 205 g/mol. The lowest BCUT2D eigenvalue weighted by molar-refractivity contribution is 0.580. The Kier molecular flexibility index (Phi) is 2.82. The molecule has 1 aromatic rings. The highest BCUT2D eigenvalue weighted by atomic mass is 19.1. The highest BCUT2D eigenvalue weighted by molar-refractivity contribution is 5.41. The van der Waals surface area contributed by atoms with Crippen molar-refractivity contribution in [1.82, 2.24) is 4.98 Å². The predicted molar refractivity (Wildman–Crippen MR) is 54.8 cm³/mol. The molecule has 15 heavy (non-hydrogen) atoms. The Labute approximate surface area is 88.2 Å². The van der Waals surface area contributed by atoms with Crippen molar-refractivity contribution in [3.8, 4) is 6.07 Å². The van der Waals surface area contributed by atoms with Gasteiger partial charge in [0, 0.05) is 12.6 Å². The van der Waals surface area contributed by atoms with E-state index in [1.54, 1.807) is 12.1 Å². The lowest BCUT2D eigenvalue weighted by atomic mass is 10.3. The van der Waals surface area contributed by atoms with Gasteiger partial charge < -0.3 is 4.90 Å². The van der Waals surface area contributed by atoms with E-state index in [4.69, 9.17) is 5.26 Å². The molecule has 0 aromatic carbocycles. The van der Waals surface area contributed by atoms with Crippen molar-refractivity contribution in [2.45, 2.75) is 25.3 Å². The van der Waals surface area contributed by atoms with Gasteiger partial charge in [0.05, 0.1) is 12.5 Å². The third-order valence-electron chi connectivity index (χ3n) is 2.45. The van der Waals surface area contributed by atoms with Gasteiger partial charge in [-0.3, -0.25) is 0 Å². The molecule has 0 unspecified atom stereocenters. The SMILES string of the molecule is N#CCCN(c1cccc(F)n1)C1CC1. The maximum atomic E-state index is 12.9. The summed E-state index contributed by atoms with van der Waals surface area (Å²) in [5, 5.41) is 8.55. The molecule has 0 aliphatic heterocycles. The van der Waals surface area contributed by atoms with Gasteiger partial charge >= 0.3 is 0 Å². The van der Waals surface area contributed by atoms with E-state index >= 15 is 0 Å². The first-order valence-corrected chi connectivity index (χ1v) is 5.07. The van der Waals surface area contributed by atoms with Gasteiger partial charge in [0.15, 0.2) is 0 Å². The third-order valence-corrected chi connectivity index (χ3v) is 2.45. The molecule has 0 amide bonds. The molecule has 4 heteroatoms. The van der Waals surface area contributed by atoms with Gasteiger partial charge in [0.2, 0.25) is 5.95 Å². The summed E-state index contributed by atoms with van der Waals surface area (Å²) in [6, 6.07) is 7.33. The van der Waals surface area contributed by atoms with Crippen LogP contribution in [0.15, 0.2) is 18.2 Å². The molecule has 3 nitrogen and oxygen atoms in total. The fourth-order valence-corrected chi connectivity index (χ4v) is 1.60. The molecule has 1 aliphatic rings. The minimum absolute atomic E-state index is 0.452. The van der Waals surface area contributed by atoms with Crippen LogP contribution in [-0.4, -0.2) is 17.6 Å². The smallest absolute Gasteiger partial charge is 0.214 e. The summed E-state index contributed by atoms with van der Waals surface area (Å²) in [5.74, 6) is 0.183. The standard InChI is InChI=1S/C11H12FN3/c12-10-3-1-4-11(14-10)15(8-2-7-13)9-5-6-9/h1,3-4,9H,2,5-6,8H2. The minimum atomic E-state index is -0.463. The first kappa shape index (κ1) is 9.91. The first-order valence-electron chi connectivity index (χ1n) is 5.07. The molecule has 1 aliphatic carbocycles. The topological polar surface area (TPSA) is 39.9 Å². The van der Waals surface area contributed by atoms with Crippen LogP contribution in [0.25, 0.3) is 0 Å². The van der Waals surface area contributed by atoms with E-state index in [9.17, 15) is 4.39 Å². The summed E-state index contributed by atoms with van der Waals surface area (Å²) in [6.07, 6.45) is 2.68. The Hall–Kier alpha value is -1.63. The highest BCUT2D eigenvalue weighted by Crippen LogP contribution is 2.30. The predicted octanol–water partition coefficient (Wildman–Crippen LogP) is 2.10. The molecule has 0 atom stereocenters. The van der Waals surface area contributed by atoms with Crippen LogP contribution >= 0.6 is 0 Å². The molecule has 1 saturated carbocycles. The van der Waals surface area contributed by atoms with Gasteiger partial charge in [-0.2, -0.15) is 9.65 Å². The Bertz CT molecular complexity index is 382. The molecule has 1 aromatic heterocycles. The summed E-state index contributed by atoms with van der Waals surface area (Å²) in [5.41, 5.74) is 0. The Morgan fingerprint density at radius 2 is 2.33 bits per heavy atom. The van der Waals surface area contributed by atoms with E-state index in [0.717, 1.165) is 12.8 Å². The molecule has 0 radical (unpaired) electrons. The summed E-state index contributed by atoms with van der Waals surface area (Å²) in [6.45, 7) is 0.637. The summed E-state index contributed by atoms with van der Waals surface area (Å²) >= 11 is 0. The van der Waals surface area contributed by atoms with Crippen molar-refractivity contribution in [3.05, 3.63) is 24.1 Å². The zero-order valence-corrected chi connectivity index (χ0v) is 8.36. The Morgan fingerprint density at radius 1 is 1.53 bits per heavy atom. The largest absolute Gasteiger partial charge is 0.353 e. The van der Waals surface area contributed by atoms with Crippen LogP contribution in [0.5, 0.6) is 0 Å². The normalized spacial score (nSPS) is 14.7. The molecule has 2 rings (SSSR count). The van der Waals surface area contributed by atoms with E-state index < -0.39 is 5.95 Å². The number of hydrogen-bond donors (Lipinski definition) is 0. The van der Waals surface area contributed by atoms with Crippen molar-refractivity contribution < 1.29 is 4.39 Å². The average Bonchev–Trinajstić information content (AvgIpc) is 3.03. The molecule has 1 heterocycles. The minimum Gasteiger partial charge on any atom is -0.353 e. The van der Waals surface area contributed by atoms with Gasteiger partial charge in [-0.25, -0.2) is 4.98 Å². The van der Waals surface area contributed by atoms with Crippen LogP contribution in [0.4, 0.5) is 10.2 Å². The van der Waals surface area contributed by atoms with Crippen LogP contribution < -0.4 is 4.90 Å². The number of halogens is 1. The maximum absolute atomic E-state index is 12.9. The number of rotatable bonds is 4. The number of nitriles is 1. The fourth-order valence-electron chi connectivity index (χ4n) is 1.60. The molecule has 0 bridgehead atoms. The quantitative estimate of drug-likeness (QED) is 0.707. The molecule has 0 saturated heterocycles. The van der Waals surface area contributed by atoms with E-state index in [0.29, 0.717) is 24.8 Å². The van der Waals surface area contributed by atoms with Gasteiger partial charge in [-0.1, -0.05) is 6.07 Å². The lowest BCUT2D eigenvalue weighted by Crippen LogP contribution is -2.27. The second-order valence-corrected chi connectivity index (χ2v) is 3.65. The highest BCUT2D eigenvalue weighted by Gasteiger charge is 2.29. The second kappa shape index (κ2) is 4.26. The van der Waals surface area contributed by atoms with Crippen molar-refractivity contribution in [1.29, 1.82) is 5.26 Å². The molecule has 0 N–H and O–H groups in total. The first-order chi connectivity index (χ1) is 7.31. The number of anilines is 1. The van der Waals surface area contributed by atoms with Crippen molar-refractivity contribution in [3.63, 3.8) is 0 Å². The monoisotopic (exact) mass is 205 g/mol. The number of nitrogens with zero attached hydrogens (tertiary/aromatic N) is 3. The number of hydrogen-bond acceptors (Lipinski definition) is 3. The Morgan fingerprint density at radius 3 is 2.93 bits per heavy atom. The van der Waals surface area contributed by atoms with E-state index in [1.165, 1.54) is 6.07 Å². The van der Waals surface area contributed by atoms with Crippen LogP contribution in [-0.2, 0) is 0 Å². The zero-order valence-electron chi connectivity index (χ0n) is 8.36. The number of aromatic nitrogens is 1. The van der Waals surface area contributed by atoms with E-state index in [-0.39, 0.29) is 0 Å². The van der Waals surface area contributed by atoms with Gasteiger partial charge in [-0.15, -0.1) is 0 Å². The number of pyridine rings is 1. The van der Waals surface area contributed by atoms with Crippen LogP contribution in [0.3, 0.4) is 0 Å². The zero-order chi connectivity index (χ0) is 10.7. The maximum Gasteiger partial charge on any atom is 0.214 e. The molecule has 78 valence electrons. The Balaban J connectivity index is 2.13. The van der Waals surface area contributed by atoms with E-state index in [1.807, 2.05) is 4.90 Å². The summed E-state index contributed by atoms with van der Waals surface area (Å²) < 4.78 is 12.9. The molecular formula is C11H12FN3. The van der Waals surface area contributed by atoms with E-state index in [2.05, 4.69) is 11.1 Å². The van der Waals surface area contributed by atoms with Crippen LogP contribution in [0.2, 0.25) is 0 Å². The summed E-state index contributed by atoms with van der Waals surface area (Å²) in [4.78, 5) is 5.86. The lowest BCUT2D eigenvalue weighted by Gasteiger charge is -2.21. The summed E-state index contributed by atoms with van der Waals surface area (Å²) in [7, 11) is 0. The molecule has 0 spiro atoms. The van der Waals surface area contributed by atoms with Gasteiger partial charge in [0.1, 0.15) is 5.82 Å². The fraction of sp³-hybridized carbons (Fsp3) is 0.455. The third kappa shape index (κ3) is 2.44.